The number of hydrogen-bond acceptors (Lipinski definition) is 11. The molecule has 0 unspecified atom stereocenters. The molecular formula is C41H39F3N6O6S. The number of aliphatic hydroxyl groups is 3. The Morgan fingerprint density at radius 3 is 2.32 bits per heavy atom. The first-order valence-electron chi connectivity index (χ1n) is 18.4. The van der Waals surface area contributed by atoms with Crippen LogP contribution in [0, 0.1) is 0 Å². The number of anilines is 1. The average Bonchev–Trinajstić information content (AvgIpc) is 3.94. The Morgan fingerprint density at radius 2 is 1.60 bits per heavy atom. The number of alkyl halides is 3. The van der Waals surface area contributed by atoms with E-state index in [1.54, 1.807) is 66.0 Å². The van der Waals surface area contributed by atoms with E-state index in [-0.39, 0.29) is 17.3 Å². The highest BCUT2D eigenvalue weighted by atomic mass is 32.1. The molecule has 1 amide bonds. The maximum atomic E-state index is 13.7. The summed E-state index contributed by atoms with van der Waals surface area (Å²) in [6, 6.07) is 20.3. The summed E-state index contributed by atoms with van der Waals surface area (Å²) < 4.78 is 48.2. The number of hydrogen-bond donors (Lipinski definition) is 5. The van der Waals surface area contributed by atoms with Gasteiger partial charge in [0.25, 0.3) is 5.91 Å². The van der Waals surface area contributed by atoms with Crippen molar-refractivity contribution in [3.63, 3.8) is 0 Å². The molecule has 0 aliphatic carbocycles. The van der Waals surface area contributed by atoms with E-state index in [2.05, 4.69) is 25.6 Å². The second-order valence-corrected chi connectivity index (χ2v) is 14.5. The molecule has 57 heavy (non-hydrogen) atoms. The van der Waals surface area contributed by atoms with Crippen molar-refractivity contribution in [3.8, 4) is 21.6 Å². The summed E-state index contributed by atoms with van der Waals surface area (Å²) >= 11 is 1.26. The van der Waals surface area contributed by atoms with Crippen LogP contribution in [0.2, 0.25) is 0 Å². The third kappa shape index (κ3) is 8.60. The minimum Gasteiger partial charge on any atom is -0.394 e. The van der Waals surface area contributed by atoms with Gasteiger partial charge in [-0.15, -0.1) is 11.3 Å². The monoisotopic (exact) mass is 800 g/mol. The average molecular weight is 801 g/mol. The number of fused-ring (bicyclic) bond motifs is 1. The number of halogens is 3. The lowest BCUT2D eigenvalue weighted by atomic mass is 9.93. The van der Waals surface area contributed by atoms with Crippen LogP contribution in [-0.2, 0) is 10.9 Å². The number of unbranched alkanes of at least 4 members (excludes halogenated alkanes) is 3. The predicted molar refractivity (Wildman–Crippen MR) is 208 cm³/mol. The standard InChI is InChI=1S/C41H39F3N6O6S/c42-41(43,44)28-12-8-11-27(19-28)31-29(33(52)24-9-4-3-5-10-24)21-57-36(31)25-13-15-26(16-14-25)39(55)46-18-7-2-1-6-17-45-37-32-38(48-22-47-37)50(23-49-32)40-35(54)34(53)30(20-51)56-40/h3-5,8-16,19,21-23,30,34-35,40,51,53-54H,1-2,6-7,17-18,20H2,(H,46,55)(H,45,47,48)/t30-,34-,35-,40-/m1/s1. The van der Waals surface area contributed by atoms with E-state index in [4.69, 9.17) is 4.74 Å². The fourth-order valence-corrected chi connectivity index (χ4v) is 7.86. The number of aliphatic hydroxyl groups excluding tert-OH is 3. The highest BCUT2D eigenvalue weighted by Gasteiger charge is 2.44. The molecule has 0 bridgehead atoms. The minimum atomic E-state index is -4.56. The van der Waals surface area contributed by atoms with E-state index in [0.29, 0.717) is 62.8 Å². The fraction of sp³-hybridized carbons (Fsp3) is 0.293. The minimum absolute atomic E-state index is 0.253. The van der Waals surface area contributed by atoms with Crippen LogP contribution in [0.15, 0.2) is 96.9 Å². The van der Waals surface area contributed by atoms with Crippen molar-refractivity contribution in [1.29, 1.82) is 0 Å². The number of aromatic nitrogens is 4. The molecule has 0 spiro atoms. The number of thiophene rings is 1. The molecule has 1 saturated heterocycles. The quantitative estimate of drug-likeness (QED) is 0.0572. The zero-order valence-electron chi connectivity index (χ0n) is 30.4. The molecule has 3 aromatic heterocycles. The van der Waals surface area contributed by atoms with Gasteiger partial charge in [0.15, 0.2) is 29.0 Å². The number of amides is 1. The Kier molecular flexibility index (Phi) is 12.1. The molecular weight excluding hydrogens is 762 g/mol. The van der Waals surface area contributed by atoms with E-state index >= 15 is 0 Å². The van der Waals surface area contributed by atoms with E-state index in [9.17, 15) is 38.1 Å². The number of nitrogens with zero attached hydrogens (tertiary/aromatic N) is 4. The number of rotatable bonds is 15. The van der Waals surface area contributed by atoms with Gasteiger partial charge in [0.2, 0.25) is 0 Å². The lowest BCUT2D eigenvalue weighted by Crippen LogP contribution is -2.33. The number of carbonyl (C=O) groups excluding carboxylic acids is 2. The maximum absolute atomic E-state index is 13.7. The molecule has 296 valence electrons. The number of carbonyl (C=O) groups is 2. The first-order valence-corrected chi connectivity index (χ1v) is 19.2. The molecule has 7 rings (SSSR count). The van der Waals surface area contributed by atoms with Gasteiger partial charge in [-0.3, -0.25) is 14.2 Å². The zero-order chi connectivity index (χ0) is 40.1. The summed E-state index contributed by atoms with van der Waals surface area (Å²) in [7, 11) is 0. The summed E-state index contributed by atoms with van der Waals surface area (Å²) in [6.07, 6.45) is -2.82. The lowest BCUT2D eigenvalue weighted by molar-refractivity contribution is -0.137. The number of ketones is 1. The summed E-state index contributed by atoms with van der Waals surface area (Å²) in [5.41, 5.74) is 2.56. The lowest BCUT2D eigenvalue weighted by Gasteiger charge is -2.16. The van der Waals surface area contributed by atoms with Crippen LogP contribution in [-0.4, -0.2) is 84.5 Å². The van der Waals surface area contributed by atoms with Gasteiger partial charge in [0, 0.05) is 45.6 Å². The van der Waals surface area contributed by atoms with Gasteiger partial charge in [0.1, 0.15) is 24.6 Å². The molecule has 4 heterocycles. The predicted octanol–water partition coefficient (Wildman–Crippen LogP) is 6.49. The normalized spacial score (nSPS) is 18.2. The Bertz CT molecular complexity index is 2340. The second kappa shape index (κ2) is 17.3. The molecule has 1 fully saturated rings. The van der Waals surface area contributed by atoms with Crippen molar-refractivity contribution in [3.05, 3.63) is 119 Å². The van der Waals surface area contributed by atoms with E-state index in [1.165, 1.54) is 34.6 Å². The van der Waals surface area contributed by atoms with Crippen LogP contribution in [0.4, 0.5) is 19.0 Å². The van der Waals surface area contributed by atoms with Crippen molar-refractivity contribution in [2.75, 3.05) is 25.0 Å². The molecule has 16 heteroatoms. The third-order valence-electron chi connectivity index (χ3n) is 9.79. The fourth-order valence-electron chi connectivity index (χ4n) is 6.78. The van der Waals surface area contributed by atoms with Crippen molar-refractivity contribution >= 4 is 40.0 Å². The summed E-state index contributed by atoms with van der Waals surface area (Å²) in [5, 5.41) is 37.8. The highest BCUT2D eigenvalue weighted by molar-refractivity contribution is 7.14. The van der Waals surface area contributed by atoms with Gasteiger partial charge in [-0.05, 0) is 48.2 Å². The Labute approximate surface area is 329 Å². The molecule has 3 aromatic carbocycles. The van der Waals surface area contributed by atoms with Crippen LogP contribution in [0.3, 0.4) is 0 Å². The largest absolute Gasteiger partial charge is 0.416 e. The molecule has 0 radical (unpaired) electrons. The summed E-state index contributed by atoms with van der Waals surface area (Å²) in [6.45, 7) is 0.629. The molecule has 1 aliphatic rings. The summed E-state index contributed by atoms with van der Waals surface area (Å²) in [5.74, 6) is -0.0423. The van der Waals surface area contributed by atoms with Gasteiger partial charge < -0.3 is 30.7 Å². The topological polar surface area (TPSA) is 172 Å². The Hall–Kier alpha value is -5.52. The van der Waals surface area contributed by atoms with Crippen molar-refractivity contribution < 1.29 is 42.8 Å². The number of benzene rings is 3. The van der Waals surface area contributed by atoms with Crippen LogP contribution in [0.1, 0.15) is 63.8 Å². The van der Waals surface area contributed by atoms with Crippen LogP contribution < -0.4 is 10.6 Å². The highest BCUT2D eigenvalue weighted by Crippen LogP contribution is 2.43. The Morgan fingerprint density at radius 1 is 0.842 bits per heavy atom. The van der Waals surface area contributed by atoms with Gasteiger partial charge in [-0.1, -0.05) is 67.4 Å². The smallest absolute Gasteiger partial charge is 0.394 e. The maximum Gasteiger partial charge on any atom is 0.416 e. The van der Waals surface area contributed by atoms with Crippen molar-refractivity contribution in [1.82, 2.24) is 24.8 Å². The summed E-state index contributed by atoms with van der Waals surface area (Å²) in [4.78, 5) is 40.1. The van der Waals surface area contributed by atoms with Crippen molar-refractivity contribution in [2.24, 2.45) is 0 Å². The molecule has 12 nitrogen and oxygen atoms in total. The van der Waals surface area contributed by atoms with E-state index < -0.39 is 42.9 Å². The number of imidazole rings is 1. The van der Waals surface area contributed by atoms with Gasteiger partial charge in [-0.25, -0.2) is 15.0 Å². The SMILES string of the molecule is O=C(NCCCCCCNc1ncnc2c1ncn2[C@@H]1O[C@H](CO)[C@@H](O)[C@H]1O)c1ccc(-c2scc(C(=O)c3ccccc3)c2-c2cccc(C(F)(F)F)c2)cc1. The number of ether oxygens (including phenoxy) is 1. The van der Waals surface area contributed by atoms with E-state index in [0.717, 1.165) is 37.8 Å². The molecule has 6 aromatic rings. The van der Waals surface area contributed by atoms with E-state index in [1.807, 2.05) is 0 Å². The van der Waals surface area contributed by atoms with Gasteiger partial charge >= 0.3 is 6.18 Å². The van der Waals surface area contributed by atoms with Crippen LogP contribution >= 0.6 is 11.3 Å². The zero-order valence-corrected chi connectivity index (χ0v) is 31.2. The van der Waals surface area contributed by atoms with Crippen LogP contribution in [0.5, 0.6) is 0 Å². The molecule has 5 N–H and O–H groups in total. The van der Waals surface area contributed by atoms with Crippen molar-refractivity contribution in [2.45, 2.75) is 56.4 Å². The number of nitrogens with one attached hydrogen (secondary N) is 2. The molecule has 1 aliphatic heterocycles. The first kappa shape index (κ1) is 39.7. The van der Waals surface area contributed by atoms with Gasteiger partial charge in [-0.2, -0.15) is 13.2 Å². The Balaban J connectivity index is 0.917. The third-order valence-corrected chi connectivity index (χ3v) is 10.8. The molecule has 4 atom stereocenters. The van der Waals surface area contributed by atoms with Gasteiger partial charge in [0.05, 0.1) is 18.5 Å². The molecule has 0 saturated carbocycles. The van der Waals surface area contributed by atoms with Crippen LogP contribution in [0.25, 0.3) is 32.7 Å². The second-order valence-electron chi connectivity index (χ2n) is 13.6. The first-order chi connectivity index (χ1) is 27.5.